The van der Waals surface area contributed by atoms with Crippen LogP contribution >= 0.6 is 0 Å². The molecule has 1 saturated heterocycles. The second kappa shape index (κ2) is 7.74. The van der Waals surface area contributed by atoms with Crippen LogP contribution in [0.25, 0.3) is 0 Å². The number of anilines is 2. The van der Waals surface area contributed by atoms with Gasteiger partial charge in [0.15, 0.2) is 5.76 Å². The Bertz CT molecular complexity index is 928. The van der Waals surface area contributed by atoms with Crippen LogP contribution in [-0.2, 0) is 10.0 Å². The number of amides is 1. The van der Waals surface area contributed by atoms with Gasteiger partial charge in [0.1, 0.15) is 0 Å². The van der Waals surface area contributed by atoms with Crippen LogP contribution in [0.5, 0.6) is 0 Å². The Labute approximate surface area is 160 Å². The molecule has 0 spiro atoms. The monoisotopic (exact) mass is 391 g/mol. The lowest BCUT2D eigenvalue weighted by atomic mass is 10.1. The summed E-state index contributed by atoms with van der Waals surface area (Å²) in [6, 6.07) is 8.43. The number of aryl methyl sites for hydroxylation is 1. The van der Waals surface area contributed by atoms with Crippen molar-refractivity contribution in [1.29, 1.82) is 0 Å². The third-order valence-electron chi connectivity index (χ3n) is 4.69. The zero-order valence-electron chi connectivity index (χ0n) is 15.9. The fourth-order valence-electron chi connectivity index (χ4n) is 3.06. The predicted octanol–water partition coefficient (Wildman–Crippen LogP) is 3.08. The molecule has 1 N–H and O–H groups in total. The standard InChI is InChI=1S/C19H25N3O4S/c1-14-13-15(21(2)3)7-8-16(14)20-19(23)17-9-10-18(26-17)27(24,25)22-11-5-4-6-12-22/h7-10,13H,4-6,11-12H2,1-3H3,(H,20,23). The number of hydrogen-bond acceptors (Lipinski definition) is 5. The molecule has 0 radical (unpaired) electrons. The molecular weight excluding hydrogens is 366 g/mol. The molecule has 27 heavy (non-hydrogen) atoms. The maximum absolute atomic E-state index is 12.6. The second-order valence-corrected chi connectivity index (χ2v) is 8.80. The van der Waals surface area contributed by atoms with Gasteiger partial charge in [0.05, 0.1) is 0 Å². The predicted molar refractivity (Wildman–Crippen MR) is 105 cm³/mol. The Morgan fingerprint density at radius 3 is 2.44 bits per heavy atom. The average Bonchev–Trinajstić information content (AvgIpc) is 3.15. The summed E-state index contributed by atoms with van der Waals surface area (Å²) in [5, 5.41) is 2.59. The van der Waals surface area contributed by atoms with Gasteiger partial charge in [-0.1, -0.05) is 6.42 Å². The van der Waals surface area contributed by atoms with E-state index in [-0.39, 0.29) is 10.9 Å². The van der Waals surface area contributed by atoms with Gasteiger partial charge in [-0.05, 0) is 55.7 Å². The number of nitrogens with zero attached hydrogens (tertiary/aromatic N) is 2. The number of rotatable bonds is 5. The smallest absolute Gasteiger partial charge is 0.291 e. The molecule has 0 saturated carbocycles. The summed E-state index contributed by atoms with van der Waals surface area (Å²) < 4.78 is 32.1. The van der Waals surface area contributed by atoms with E-state index in [0.717, 1.165) is 30.5 Å². The third-order valence-corrected chi connectivity index (χ3v) is 6.46. The number of benzene rings is 1. The maximum atomic E-state index is 12.6. The van der Waals surface area contributed by atoms with Gasteiger partial charge in [0.25, 0.3) is 15.9 Å². The molecule has 7 nitrogen and oxygen atoms in total. The summed E-state index contributed by atoms with van der Waals surface area (Å²) >= 11 is 0. The Morgan fingerprint density at radius 1 is 1.11 bits per heavy atom. The van der Waals surface area contributed by atoms with Crippen molar-refractivity contribution in [3.63, 3.8) is 0 Å². The molecule has 8 heteroatoms. The zero-order valence-corrected chi connectivity index (χ0v) is 16.7. The molecule has 2 aromatic rings. The van der Waals surface area contributed by atoms with Gasteiger partial charge in [-0.2, -0.15) is 4.31 Å². The van der Waals surface area contributed by atoms with Crippen LogP contribution in [0.4, 0.5) is 11.4 Å². The highest BCUT2D eigenvalue weighted by Crippen LogP contribution is 2.25. The van der Waals surface area contributed by atoms with E-state index >= 15 is 0 Å². The van der Waals surface area contributed by atoms with E-state index < -0.39 is 15.9 Å². The van der Waals surface area contributed by atoms with E-state index in [1.54, 1.807) is 0 Å². The van der Waals surface area contributed by atoms with Crippen molar-refractivity contribution in [3.8, 4) is 0 Å². The fraction of sp³-hybridized carbons (Fsp3) is 0.421. The van der Waals surface area contributed by atoms with Crippen molar-refractivity contribution in [2.75, 3.05) is 37.4 Å². The summed E-state index contributed by atoms with van der Waals surface area (Å²) in [6.45, 7) is 2.88. The normalized spacial score (nSPS) is 15.5. The van der Waals surface area contributed by atoms with Gasteiger partial charge in [-0.25, -0.2) is 8.42 Å². The molecule has 1 fully saturated rings. The quantitative estimate of drug-likeness (QED) is 0.847. The number of nitrogens with one attached hydrogen (secondary N) is 1. The van der Waals surface area contributed by atoms with Crippen LogP contribution < -0.4 is 10.2 Å². The fourth-order valence-corrected chi connectivity index (χ4v) is 4.49. The van der Waals surface area contributed by atoms with Crippen LogP contribution in [0, 0.1) is 6.92 Å². The molecule has 1 aliphatic heterocycles. The van der Waals surface area contributed by atoms with Crippen molar-refractivity contribution in [2.45, 2.75) is 31.3 Å². The SMILES string of the molecule is Cc1cc(N(C)C)ccc1NC(=O)c1ccc(S(=O)(=O)N2CCCCC2)o1. The van der Waals surface area contributed by atoms with E-state index in [1.807, 2.05) is 44.1 Å². The molecule has 0 atom stereocenters. The van der Waals surface area contributed by atoms with Gasteiger partial charge in [0, 0.05) is 38.6 Å². The topological polar surface area (TPSA) is 82.9 Å². The Morgan fingerprint density at radius 2 is 1.81 bits per heavy atom. The highest BCUT2D eigenvalue weighted by molar-refractivity contribution is 7.89. The van der Waals surface area contributed by atoms with Crippen molar-refractivity contribution < 1.29 is 17.6 Å². The minimum Gasteiger partial charge on any atom is -0.438 e. The molecule has 3 rings (SSSR count). The minimum atomic E-state index is -3.69. The van der Waals surface area contributed by atoms with Crippen molar-refractivity contribution >= 4 is 27.3 Å². The lowest BCUT2D eigenvalue weighted by molar-refractivity contribution is 0.0991. The molecule has 1 aliphatic rings. The molecule has 2 heterocycles. The third kappa shape index (κ3) is 4.17. The van der Waals surface area contributed by atoms with Crippen molar-refractivity contribution in [2.24, 2.45) is 0 Å². The van der Waals surface area contributed by atoms with Crippen molar-refractivity contribution in [3.05, 3.63) is 41.7 Å². The van der Waals surface area contributed by atoms with Crippen LogP contribution in [0.15, 0.2) is 39.8 Å². The van der Waals surface area contributed by atoms with Crippen LogP contribution in [-0.4, -0.2) is 45.8 Å². The summed E-state index contributed by atoms with van der Waals surface area (Å²) in [7, 11) is 0.200. The maximum Gasteiger partial charge on any atom is 0.291 e. The number of furan rings is 1. The first-order chi connectivity index (χ1) is 12.8. The number of carbonyl (C=O) groups excluding carboxylic acids is 1. The van der Waals surface area contributed by atoms with Gasteiger partial charge < -0.3 is 14.6 Å². The van der Waals surface area contributed by atoms with Crippen LogP contribution in [0.1, 0.15) is 35.4 Å². The minimum absolute atomic E-state index is 0.0262. The van der Waals surface area contributed by atoms with Crippen LogP contribution in [0.2, 0.25) is 0 Å². The molecule has 1 amide bonds. The van der Waals surface area contributed by atoms with E-state index in [4.69, 9.17) is 4.42 Å². The molecule has 1 aromatic heterocycles. The summed E-state index contributed by atoms with van der Waals surface area (Å²) in [5.41, 5.74) is 2.59. The number of hydrogen-bond donors (Lipinski definition) is 1. The van der Waals surface area contributed by atoms with Gasteiger partial charge >= 0.3 is 0 Å². The number of sulfonamides is 1. The summed E-state index contributed by atoms with van der Waals surface area (Å²) in [6.07, 6.45) is 2.72. The van der Waals surface area contributed by atoms with Gasteiger partial charge in [-0.3, -0.25) is 4.79 Å². The molecule has 0 bridgehead atoms. The first-order valence-electron chi connectivity index (χ1n) is 8.98. The summed E-state index contributed by atoms with van der Waals surface area (Å²) in [4.78, 5) is 14.5. The van der Waals surface area contributed by atoms with Crippen molar-refractivity contribution in [1.82, 2.24) is 4.31 Å². The molecular formula is C19H25N3O4S. The Kier molecular flexibility index (Phi) is 5.57. The molecule has 1 aromatic carbocycles. The molecule has 0 unspecified atom stereocenters. The highest BCUT2D eigenvalue weighted by Gasteiger charge is 2.29. The second-order valence-electron chi connectivity index (χ2n) is 6.93. The lowest BCUT2D eigenvalue weighted by Crippen LogP contribution is -2.35. The lowest BCUT2D eigenvalue weighted by Gasteiger charge is -2.24. The number of carbonyl (C=O) groups is 1. The highest BCUT2D eigenvalue weighted by atomic mass is 32.2. The first kappa shape index (κ1) is 19.4. The van der Waals surface area contributed by atoms with Gasteiger partial charge in [0.2, 0.25) is 5.09 Å². The van der Waals surface area contributed by atoms with E-state index in [9.17, 15) is 13.2 Å². The molecule has 0 aliphatic carbocycles. The van der Waals surface area contributed by atoms with Crippen LogP contribution in [0.3, 0.4) is 0 Å². The van der Waals surface area contributed by atoms with Gasteiger partial charge in [-0.15, -0.1) is 0 Å². The van der Waals surface area contributed by atoms with E-state index in [1.165, 1.54) is 16.4 Å². The Hall–Kier alpha value is -2.32. The largest absolute Gasteiger partial charge is 0.438 e. The Balaban J connectivity index is 1.75. The first-order valence-corrected chi connectivity index (χ1v) is 10.4. The zero-order chi connectivity index (χ0) is 19.6. The van der Waals surface area contributed by atoms with E-state index in [2.05, 4.69) is 5.32 Å². The summed E-state index contributed by atoms with van der Waals surface area (Å²) in [5.74, 6) is -0.502. The average molecular weight is 391 g/mol. The van der Waals surface area contributed by atoms with E-state index in [0.29, 0.717) is 18.8 Å². The number of piperidine rings is 1. The molecule has 146 valence electrons.